The fraction of sp³-hybridized carbons (Fsp3) is 0.300. The number of carbonyl (C=O) groups is 1. The standard InChI is InChI=1S/C10H12F2N2O2/c11-9(12)16-6-8(14-10(13)15)7-4-2-1-3-5-7/h1-5,8-9H,6H2,(H3,13,14,15)/t8-/m1/s1. The number of carbonyl (C=O) groups excluding carboxylic acids is 1. The summed E-state index contributed by atoms with van der Waals surface area (Å²) >= 11 is 0. The fourth-order valence-electron chi connectivity index (χ4n) is 1.25. The van der Waals surface area contributed by atoms with Crippen molar-refractivity contribution < 1.29 is 18.3 Å². The lowest BCUT2D eigenvalue weighted by molar-refractivity contribution is -0.133. The lowest BCUT2D eigenvalue weighted by Gasteiger charge is -2.17. The van der Waals surface area contributed by atoms with Crippen molar-refractivity contribution in [1.29, 1.82) is 0 Å². The summed E-state index contributed by atoms with van der Waals surface area (Å²) in [5.41, 5.74) is 5.60. The Morgan fingerprint density at radius 2 is 2.00 bits per heavy atom. The van der Waals surface area contributed by atoms with Crippen molar-refractivity contribution in [2.24, 2.45) is 5.73 Å². The van der Waals surface area contributed by atoms with Gasteiger partial charge in [-0.2, -0.15) is 8.78 Å². The maximum absolute atomic E-state index is 11.9. The third kappa shape index (κ3) is 4.22. The largest absolute Gasteiger partial charge is 0.352 e. The maximum atomic E-state index is 11.9. The number of amides is 2. The first-order chi connectivity index (χ1) is 7.59. The van der Waals surface area contributed by atoms with E-state index in [0.717, 1.165) is 0 Å². The van der Waals surface area contributed by atoms with Crippen molar-refractivity contribution in [2.45, 2.75) is 12.7 Å². The summed E-state index contributed by atoms with van der Waals surface area (Å²) in [6.07, 6.45) is 0. The number of nitrogens with two attached hydrogens (primary N) is 1. The quantitative estimate of drug-likeness (QED) is 0.807. The summed E-state index contributed by atoms with van der Waals surface area (Å²) in [5, 5.41) is 2.33. The zero-order valence-electron chi connectivity index (χ0n) is 8.40. The van der Waals surface area contributed by atoms with E-state index in [4.69, 9.17) is 5.73 Å². The van der Waals surface area contributed by atoms with Gasteiger partial charge < -0.3 is 15.8 Å². The first-order valence-electron chi connectivity index (χ1n) is 4.60. The zero-order chi connectivity index (χ0) is 12.0. The van der Waals surface area contributed by atoms with E-state index in [0.29, 0.717) is 5.56 Å². The van der Waals surface area contributed by atoms with E-state index in [1.165, 1.54) is 0 Å². The summed E-state index contributed by atoms with van der Waals surface area (Å²) in [6.45, 7) is -3.20. The number of nitrogens with one attached hydrogen (secondary N) is 1. The van der Waals surface area contributed by atoms with Crippen LogP contribution in [-0.4, -0.2) is 19.2 Å². The van der Waals surface area contributed by atoms with Gasteiger partial charge in [-0.05, 0) is 5.56 Å². The smallest absolute Gasteiger partial charge is 0.345 e. The molecule has 0 aliphatic rings. The van der Waals surface area contributed by atoms with Crippen molar-refractivity contribution in [3.05, 3.63) is 35.9 Å². The van der Waals surface area contributed by atoms with Gasteiger partial charge in [0.15, 0.2) is 0 Å². The van der Waals surface area contributed by atoms with Crippen molar-refractivity contribution in [3.8, 4) is 0 Å². The summed E-state index contributed by atoms with van der Waals surface area (Å²) in [6, 6.07) is 7.16. The Hall–Kier alpha value is -1.69. The molecule has 0 bridgehead atoms. The Morgan fingerprint density at radius 1 is 1.38 bits per heavy atom. The van der Waals surface area contributed by atoms with Crippen LogP contribution in [0.5, 0.6) is 0 Å². The molecule has 0 saturated carbocycles. The SMILES string of the molecule is NC(=O)N[C@H](COC(F)F)c1ccccc1. The fourth-order valence-corrected chi connectivity index (χ4v) is 1.25. The third-order valence-corrected chi connectivity index (χ3v) is 1.91. The molecule has 1 rings (SSSR count). The van der Waals surface area contributed by atoms with E-state index >= 15 is 0 Å². The van der Waals surface area contributed by atoms with Crippen LogP contribution in [0.1, 0.15) is 11.6 Å². The van der Waals surface area contributed by atoms with Crippen LogP contribution in [0.2, 0.25) is 0 Å². The molecule has 0 radical (unpaired) electrons. The molecule has 0 unspecified atom stereocenters. The highest BCUT2D eigenvalue weighted by molar-refractivity contribution is 5.72. The Bertz CT molecular complexity index is 333. The second-order valence-corrected chi connectivity index (χ2v) is 3.07. The molecule has 1 atom stereocenters. The predicted octanol–water partition coefficient (Wildman–Crippen LogP) is 1.64. The number of ether oxygens (including phenoxy) is 1. The minimum atomic E-state index is -2.87. The average Bonchev–Trinajstić information content (AvgIpc) is 2.25. The average molecular weight is 230 g/mol. The van der Waals surface area contributed by atoms with E-state index < -0.39 is 18.7 Å². The van der Waals surface area contributed by atoms with Gasteiger partial charge in [0.2, 0.25) is 0 Å². The zero-order valence-corrected chi connectivity index (χ0v) is 8.40. The Balaban J connectivity index is 2.67. The van der Waals surface area contributed by atoms with Gasteiger partial charge in [0, 0.05) is 0 Å². The number of hydrogen-bond donors (Lipinski definition) is 2. The molecule has 3 N–H and O–H groups in total. The molecule has 0 aromatic heterocycles. The van der Waals surface area contributed by atoms with Gasteiger partial charge in [-0.25, -0.2) is 4.79 Å². The van der Waals surface area contributed by atoms with Gasteiger partial charge in [-0.1, -0.05) is 30.3 Å². The molecule has 0 heterocycles. The molecule has 4 nitrogen and oxygen atoms in total. The second-order valence-electron chi connectivity index (χ2n) is 3.07. The van der Waals surface area contributed by atoms with Gasteiger partial charge in [-0.3, -0.25) is 0 Å². The lowest BCUT2D eigenvalue weighted by atomic mass is 10.1. The summed E-state index contributed by atoms with van der Waals surface area (Å²) < 4.78 is 27.9. The predicted molar refractivity (Wildman–Crippen MR) is 53.9 cm³/mol. The number of halogens is 2. The van der Waals surface area contributed by atoms with Gasteiger partial charge in [0.05, 0.1) is 12.6 Å². The molecule has 2 amide bonds. The Morgan fingerprint density at radius 3 is 2.50 bits per heavy atom. The highest BCUT2D eigenvalue weighted by atomic mass is 19.3. The van der Waals surface area contributed by atoms with Crippen LogP contribution in [0, 0.1) is 0 Å². The maximum Gasteiger partial charge on any atom is 0.345 e. The van der Waals surface area contributed by atoms with E-state index in [1.807, 2.05) is 0 Å². The molecule has 88 valence electrons. The van der Waals surface area contributed by atoms with Crippen molar-refractivity contribution in [3.63, 3.8) is 0 Å². The highest BCUT2D eigenvalue weighted by Crippen LogP contribution is 2.13. The molecule has 0 spiro atoms. The van der Waals surface area contributed by atoms with Crippen molar-refractivity contribution in [2.75, 3.05) is 6.61 Å². The molecule has 1 aromatic carbocycles. The minimum Gasteiger partial charge on any atom is -0.352 e. The topological polar surface area (TPSA) is 64.4 Å². The molecular weight excluding hydrogens is 218 g/mol. The second kappa shape index (κ2) is 6.02. The molecule has 6 heteroatoms. The Labute approximate surface area is 91.4 Å². The first-order valence-corrected chi connectivity index (χ1v) is 4.60. The third-order valence-electron chi connectivity index (χ3n) is 1.91. The van der Waals surface area contributed by atoms with Crippen molar-refractivity contribution in [1.82, 2.24) is 5.32 Å². The number of urea groups is 1. The van der Waals surface area contributed by atoms with Gasteiger partial charge >= 0.3 is 12.6 Å². The lowest BCUT2D eigenvalue weighted by Crippen LogP contribution is -2.35. The van der Waals surface area contributed by atoms with Gasteiger partial charge in [-0.15, -0.1) is 0 Å². The number of benzene rings is 1. The molecule has 16 heavy (non-hydrogen) atoms. The number of primary amides is 1. The summed E-state index contributed by atoms with van der Waals surface area (Å²) in [4.78, 5) is 10.7. The summed E-state index contributed by atoms with van der Waals surface area (Å²) in [7, 11) is 0. The highest BCUT2D eigenvalue weighted by Gasteiger charge is 2.15. The molecule has 0 aliphatic heterocycles. The number of hydrogen-bond acceptors (Lipinski definition) is 2. The molecule has 0 fully saturated rings. The van der Waals surface area contributed by atoms with E-state index in [1.54, 1.807) is 30.3 Å². The van der Waals surface area contributed by atoms with Crippen molar-refractivity contribution >= 4 is 6.03 Å². The van der Waals surface area contributed by atoms with Gasteiger partial charge in [0.1, 0.15) is 0 Å². The van der Waals surface area contributed by atoms with Crippen LogP contribution < -0.4 is 11.1 Å². The number of alkyl halides is 2. The van der Waals surface area contributed by atoms with Crippen LogP contribution in [0.25, 0.3) is 0 Å². The summed E-state index contributed by atoms with van der Waals surface area (Å²) in [5.74, 6) is 0. The minimum absolute atomic E-state index is 0.329. The van der Waals surface area contributed by atoms with Crippen LogP contribution in [0.4, 0.5) is 13.6 Å². The van der Waals surface area contributed by atoms with E-state index in [9.17, 15) is 13.6 Å². The molecule has 0 saturated heterocycles. The van der Waals surface area contributed by atoms with Crippen LogP contribution >= 0.6 is 0 Å². The van der Waals surface area contributed by atoms with Crippen LogP contribution in [0.15, 0.2) is 30.3 Å². The molecule has 1 aromatic rings. The Kier molecular flexibility index (Phi) is 4.65. The van der Waals surface area contributed by atoms with Crippen LogP contribution in [0.3, 0.4) is 0 Å². The molecule has 0 aliphatic carbocycles. The number of rotatable bonds is 5. The van der Waals surface area contributed by atoms with E-state index in [2.05, 4.69) is 10.1 Å². The molecular formula is C10H12F2N2O2. The first kappa shape index (κ1) is 12.4. The van der Waals surface area contributed by atoms with E-state index in [-0.39, 0.29) is 6.61 Å². The monoisotopic (exact) mass is 230 g/mol. The normalized spacial score (nSPS) is 12.4. The van der Waals surface area contributed by atoms with Crippen LogP contribution in [-0.2, 0) is 4.74 Å². The van der Waals surface area contributed by atoms with Gasteiger partial charge in [0.25, 0.3) is 0 Å².